The van der Waals surface area contributed by atoms with E-state index in [9.17, 15) is 38.4 Å². The van der Waals surface area contributed by atoms with Gasteiger partial charge in [-0.15, -0.1) is 16.7 Å². The minimum atomic E-state index is -1.14. The van der Waals surface area contributed by atoms with Crippen molar-refractivity contribution in [3.63, 3.8) is 0 Å². The number of aromatic nitrogens is 21. The number of hydrogen-bond donors (Lipinski definition) is 3. The average Bonchev–Trinajstić information content (AvgIpc) is 1.67. The number of aryl methyl sites for hydroxylation is 6. The third-order valence-electron chi connectivity index (χ3n) is 15.0. The van der Waals surface area contributed by atoms with Crippen LogP contribution in [0.3, 0.4) is 0 Å². The summed E-state index contributed by atoms with van der Waals surface area (Å²) in [7, 11) is 4.05. The maximum atomic E-state index is 11.7. The summed E-state index contributed by atoms with van der Waals surface area (Å²) in [6.45, 7) is 56.2. The Kier molecular flexibility index (Phi) is 103. The fourth-order valence-corrected chi connectivity index (χ4v) is 10.1. The van der Waals surface area contributed by atoms with E-state index in [0.29, 0.717) is 128 Å². The molecule has 814 valence electrons. The van der Waals surface area contributed by atoms with Crippen LogP contribution in [0, 0.1) is 41.5 Å². The number of ketones is 1. The Morgan fingerprint density at radius 1 is 0.310 bits per heavy atom. The zero-order chi connectivity index (χ0) is 104. The lowest BCUT2D eigenvalue weighted by molar-refractivity contribution is -0.144. The van der Waals surface area contributed by atoms with E-state index in [1.807, 2.05) is 179 Å². The maximum Gasteiger partial charge on any atom is 0.358 e. The lowest BCUT2D eigenvalue weighted by Gasteiger charge is -2.03. The lowest BCUT2D eigenvalue weighted by Crippen LogP contribution is -2.24. The Bertz CT molecular complexity index is 5280. The van der Waals surface area contributed by atoms with Crippen molar-refractivity contribution >= 4 is 111 Å². The Balaban J connectivity index is -0.000000119. The van der Waals surface area contributed by atoms with Gasteiger partial charge in [-0.05, 0) is 149 Å². The molecule has 40 heteroatoms. The molecule has 0 amide bonds. The summed E-state index contributed by atoms with van der Waals surface area (Å²) < 4.78 is 43.1. The van der Waals surface area contributed by atoms with Crippen molar-refractivity contribution in [2.75, 3.05) is 65.0 Å². The first-order valence-corrected chi connectivity index (χ1v) is 45.0. The van der Waals surface area contributed by atoms with Crippen LogP contribution in [0.1, 0.15) is 323 Å². The molecule has 15 rings (SSSR count). The Morgan fingerprint density at radius 2 is 0.600 bits per heavy atom. The summed E-state index contributed by atoms with van der Waals surface area (Å²) in [5, 5.41) is 14.0. The number of hydrogen-bond acceptors (Lipinski definition) is 33. The molecule has 1 unspecified atom stereocenters. The molecule has 0 aliphatic rings. The van der Waals surface area contributed by atoms with Crippen molar-refractivity contribution < 1.29 is 71.5 Å². The predicted molar refractivity (Wildman–Crippen MR) is 594 cm³/mol. The monoisotopic (exact) mass is 2050 g/mol. The molecular weight excluding hydrogens is 1870 g/mol. The number of fused-ring (bicyclic) bond motifs is 6. The van der Waals surface area contributed by atoms with Gasteiger partial charge in [0.25, 0.3) is 0 Å². The SMILES string of the molecule is C.C.C.C.C.C.C.C.C.CC.CC.CC.CC.CC.CC.CC.CC.CC.CCOC(=O)C(Cl)C(C)=O.CCOC(=O)c1c(C)nc2ccccn12.CCOC(=O)c1c(C)nc2cccnn12.CCOC(=O)c1c(C)nc2cnccn12.COC(=O)c1c(C)nc2ccccn12.COC(=O)c1c(C)nc2cccnn12.COC(=O)c1c(C)nc2cnccn12.Nc1ccccn1.Nc1cccnn1.Nc1cnccn1. The molecule has 0 aliphatic heterocycles. The minimum absolute atomic E-state index is 0. The number of pyridine rings is 3. The number of carbonyl (C=O) groups excluding carboxylic acids is 8. The number of methoxy groups -OCH3 is 3. The number of nitrogens with zero attached hydrogens (tertiary/aromatic N) is 21. The summed E-state index contributed by atoms with van der Waals surface area (Å²) in [4.78, 5) is 134. The van der Waals surface area contributed by atoms with Crippen LogP contribution in [-0.4, -0.2) is 203 Å². The Labute approximate surface area is 869 Å². The van der Waals surface area contributed by atoms with Crippen molar-refractivity contribution in [3.8, 4) is 0 Å². The number of nitrogens with two attached hydrogens (primary N) is 3. The summed E-state index contributed by atoms with van der Waals surface area (Å²) in [6.07, 6.45) is 24.5. The van der Waals surface area contributed by atoms with Crippen LogP contribution < -0.4 is 17.2 Å². The highest BCUT2D eigenvalue weighted by Gasteiger charge is 2.24. The lowest BCUT2D eigenvalue weighted by atomic mass is 10.3. The number of imidazole rings is 6. The van der Waals surface area contributed by atoms with E-state index in [0.717, 1.165) is 11.3 Å². The second-order valence-corrected chi connectivity index (χ2v) is 23.7. The number of carbonyl (C=O) groups is 8. The van der Waals surface area contributed by atoms with Gasteiger partial charge in [-0.2, -0.15) is 15.3 Å². The average molecular weight is 2050 g/mol. The van der Waals surface area contributed by atoms with Gasteiger partial charge in [0.2, 0.25) is 0 Å². The van der Waals surface area contributed by atoms with Crippen molar-refractivity contribution in [1.29, 1.82) is 0 Å². The summed E-state index contributed by atoms with van der Waals surface area (Å²) >= 11 is 5.32. The van der Waals surface area contributed by atoms with E-state index in [1.54, 1.807) is 210 Å². The largest absolute Gasteiger partial charge is 0.465 e. The Hall–Kier alpha value is -15.2. The zero-order valence-corrected chi connectivity index (χ0v) is 85.6. The van der Waals surface area contributed by atoms with Crippen LogP contribution >= 0.6 is 11.6 Å². The molecule has 6 N–H and O–H groups in total. The van der Waals surface area contributed by atoms with Gasteiger partial charge in [-0.25, -0.2) is 82.5 Å². The predicted octanol–water partition coefficient (Wildman–Crippen LogP) is 23.8. The molecule has 0 radical (unpaired) electrons. The molecule has 0 fully saturated rings. The molecule has 0 aromatic carbocycles. The topological polar surface area (TPSA) is 499 Å². The van der Waals surface area contributed by atoms with E-state index in [4.69, 9.17) is 43.0 Å². The van der Waals surface area contributed by atoms with Gasteiger partial charge < -0.3 is 50.4 Å². The fourth-order valence-electron chi connectivity index (χ4n) is 10.00. The van der Waals surface area contributed by atoms with Crippen molar-refractivity contribution in [3.05, 3.63) is 252 Å². The third-order valence-corrected chi connectivity index (χ3v) is 15.5. The van der Waals surface area contributed by atoms with E-state index >= 15 is 0 Å². The molecule has 0 bridgehead atoms. The number of alkyl halides is 1. The van der Waals surface area contributed by atoms with Crippen molar-refractivity contribution in [2.45, 2.75) is 273 Å². The molecule has 0 saturated carbocycles. The summed E-state index contributed by atoms with van der Waals surface area (Å²) in [6, 6.07) is 27.1. The summed E-state index contributed by atoms with van der Waals surface area (Å²) in [5.41, 5.74) is 26.3. The van der Waals surface area contributed by atoms with Gasteiger partial charge in [0.05, 0.1) is 101 Å². The first-order valence-electron chi connectivity index (χ1n) is 44.5. The molecular formula is C105H177ClN24O15. The van der Waals surface area contributed by atoms with Gasteiger partial charge >= 0.3 is 41.8 Å². The number of anilines is 3. The van der Waals surface area contributed by atoms with E-state index in [1.165, 1.54) is 43.5 Å². The molecule has 15 heterocycles. The number of nitrogen functional groups attached to an aromatic ring is 3. The fraction of sp³-hybridized carbons (Fsp3) is 0.438. The number of esters is 7. The van der Waals surface area contributed by atoms with Crippen LogP contribution in [0.5, 0.6) is 0 Å². The van der Waals surface area contributed by atoms with Gasteiger partial charge in [-0.3, -0.25) is 37.3 Å². The van der Waals surface area contributed by atoms with E-state index in [-0.39, 0.29) is 109 Å². The minimum Gasteiger partial charge on any atom is -0.465 e. The Morgan fingerprint density at radius 3 is 0.883 bits per heavy atom. The van der Waals surface area contributed by atoms with Crippen LogP contribution in [0.15, 0.2) is 184 Å². The molecule has 1 atom stereocenters. The normalized spacial score (nSPS) is 8.75. The van der Waals surface area contributed by atoms with Crippen molar-refractivity contribution in [1.82, 2.24) is 102 Å². The van der Waals surface area contributed by atoms with Gasteiger partial charge in [0.1, 0.15) is 28.7 Å². The highest BCUT2D eigenvalue weighted by atomic mass is 35.5. The highest BCUT2D eigenvalue weighted by Crippen LogP contribution is 2.18. The summed E-state index contributed by atoms with van der Waals surface area (Å²) in [5.74, 6) is -1.80. The standard InChI is InChI=1S/C11H12N2O2.2C10H11N3O2.C10H10N2O2.2C9H9N3O2.C6H9ClO3.C5H6N2.2C4H5N3.9C2H6.9CH4/c1-3-15-11(14)10-8(2)12-9-6-4-5-7-13(9)10;1-3-15-10(14)9-7(2)12-8-6-11-4-5-13(8)9;1-3-15-10(14)9-7(2)12-8-5-4-6-11-13(8)9;1-7-9(10(13)14-2)12-6-4-3-5-8(12)11-7;1-6-8(9(13)14-2)12-4-3-10-5-7(12)11-6;1-6-8(9(13)14-2)12-7(11-6)4-3-5-10-12;1-3-10-6(9)5(7)4(2)8;6-5-3-1-2-4-7-5;5-4-3-6-1-2-7-4;5-4-2-1-3-6-7-4;9*1-2;;;;;;;;;/h4-7H,3H2,1-2H3;2*4-6H,3H2,1-2H3;3-6H,1-2H3;2*3-5H,1-2H3;5H,3H2,1-2H3;1-4H,(H2,6,7);2*1-3H,(H2,5,7);9*1-2H3;9*1H4. The first-order chi connectivity index (χ1) is 65.7. The molecule has 145 heavy (non-hydrogen) atoms. The molecule has 0 spiro atoms. The second-order valence-electron chi connectivity index (χ2n) is 23.2. The highest BCUT2D eigenvalue weighted by molar-refractivity contribution is 6.40. The van der Waals surface area contributed by atoms with Crippen LogP contribution in [-0.2, 0) is 42.7 Å². The number of ether oxygens (including phenoxy) is 7. The first kappa shape index (κ1) is 158. The zero-order valence-electron chi connectivity index (χ0n) is 84.9. The third kappa shape index (κ3) is 53.5. The molecule has 0 saturated heterocycles. The van der Waals surface area contributed by atoms with Crippen LogP contribution in [0.25, 0.3) is 33.9 Å². The molecule has 15 aromatic heterocycles. The molecule has 0 aliphatic carbocycles. The van der Waals surface area contributed by atoms with Crippen LogP contribution in [0.2, 0.25) is 0 Å². The van der Waals surface area contributed by atoms with Crippen LogP contribution in [0.4, 0.5) is 17.5 Å². The van der Waals surface area contributed by atoms with Crippen molar-refractivity contribution in [2.24, 2.45) is 0 Å². The number of Topliss-reactive ketones (excluding diaryl/α,β-unsaturated/α-hetero) is 1. The number of halogens is 1. The quantitative estimate of drug-likeness (QED) is 0.0442. The van der Waals surface area contributed by atoms with Gasteiger partial charge in [-0.1, -0.05) is 210 Å². The molecule has 39 nitrogen and oxygen atoms in total. The van der Waals surface area contributed by atoms with E-state index < -0.39 is 17.3 Å². The number of rotatable bonds is 12. The second kappa shape index (κ2) is 95.0. The smallest absolute Gasteiger partial charge is 0.358 e. The maximum absolute atomic E-state index is 11.7. The van der Waals surface area contributed by atoms with Gasteiger partial charge in [0, 0.05) is 74.4 Å². The molecule has 15 aromatic rings. The van der Waals surface area contributed by atoms with Gasteiger partial charge in [0.15, 0.2) is 67.9 Å². The van der Waals surface area contributed by atoms with E-state index in [2.05, 4.69) is 94.2 Å².